The quantitative estimate of drug-likeness (QED) is 0.403. The molecule has 0 aliphatic carbocycles. The molecule has 0 unspecified atom stereocenters. The molecule has 4 rings (SSSR count). The van der Waals surface area contributed by atoms with Crippen LogP contribution in [0.15, 0.2) is 67.1 Å². The summed E-state index contributed by atoms with van der Waals surface area (Å²) in [4.78, 5) is 25.7. The van der Waals surface area contributed by atoms with Crippen LogP contribution in [-0.2, 0) is 27.2 Å². The monoisotopic (exact) mass is 478 g/mol. The van der Waals surface area contributed by atoms with Gasteiger partial charge in [-0.05, 0) is 35.9 Å². The van der Waals surface area contributed by atoms with Gasteiger partial charge in [0.25, 0.3) is 11.8 Å². The molecule has 0 spiro atoms. The summed E-state index contributed by atoms with van der Waals surface area (Å²) in [6.07, 6.45) is 4.94. The molecule has 0 atom stereocenters. The fraction of sp³-hybridized carbons (Fsp3) is 0.167. The second-order valence-corrected chi connectivity index (χ2v) is 8.07. The van der Waals surface area contributed by atoms with Crippen molar-refractivity contribution in [2.24, 2.45) is 14.1 Å². The maximum atomic E-state index is 12.9. The molecule has 0 aliphatic heterocycles. The summed E-state index contributed by atoms with van der Waals surface area (Å²) in [5, 5.41) is 14.4. The lowest BCUT2D eigenvalue weighted by atomic mass is 10.1. The van der Waals surface area contributed by atoms with Gasteiger partial charge in [0.2, 0.25) is 0 Å². The largest absolute Gasteiger partial charge is 0.489 e. The Bertz CT molecular complexity index is 1330. The number of halogens is 1. The molecular weight excluding hydrogens is 456 g/mol. The third-order valence-electron chi connectivity index (χ3n) is 5.00. The Morgan fingerprint density at radius 2 is 1.82 bits per heavy atom. The Morgan fingerprint density at radius 3 is 2.59 bits per heavy atom. The molecule has 10 heteroatoms. The van der Waals surface area contributed by atoms with Crippen LogP contribution in [0.5, 0.6) is 5.75 Å². The molecule has 0 fully saturated rings. The van der Waals surface area contributed by atoms with Crippen LogP contribution in [0.3, 0.4) is 0 Å². The minimum absolute atomic E-state index is 0.248. The zero-order valence-electron chi connectivity index (χ0n) is 18.7. The average Bonchev–Trinajstić information content (AvgIpc) is 3.41. The lowest BCUT2D eigenvalue weighted by Crippen LogP contribution is -2.26. The molecule has 2 aromatic heterocycles. The molecular formula is C24H23ClN6O3. The average molecular weight is 479 g/mol. The van der Waals surface area contributed by atoms with Crippen LogP contribution in [0.4, 0.5) is 5.69 Å². The molecule has 34 heavy (non-hydrogen) atoms. The molecule has 0 aliphatic rings. The Hall–Kier alpha value is -4.11. The highest BCUT2D eigenvalue weighted by Crippen LogP contribution is 2.20. The zero-order chi connectivity index (χ0) is 24.1. The van der Waals surface area contributed by atoms with Gasteiger partial charge in [0.1, 0.15) is 18.1 Å². The molecule has 4 aromatic rings. The number of nitrogens with zero attached hydrogens (tertiary/aromatic N) is 4. The van der Waals surface area contributed by atoms with E-state index >= 15 is 0 Å². The fourth-order valence-corrected chi connectivity index (χ4v) is 3.53. The van der Waals surface area contributed by atoms with Crippen molar-refractivity contribution in [2.45, 2.75) is 13.2 Å². The van der Waals surface area contributed by atoms with Gasteiger partial charge in [0, 0.05) is 43.0 Å². The highest BCUT2D eigenvalue weighted by atomic mass is 35.5. The first-order chi connectivity index (χ1) is 16.4. The first-order valence-corrected chi connectivity index (χ1v) is 10.8. The van der Waals surface area contributed by atoms with E-state index in [1.165, 1.54) is 10.9 Å². The fourth-order valence-electron chi connectivity index (χ4n) is 3.35. The summed E-state index contributed by atoms with van der Waals surface area (Å²) in [5.41, 5.74) is 2.67. The van der Waals surface area contributed by atoms with Crippen LogP contribution < -0.4 is 15.4 Å². The normalized spacial score (nSPS) is 10.7. The molecule has 2 aromatic carbocycles. The summed E-state index contributed by atoms with van der Waals surface area (Å²) < 4.78 is 8.83. The number of hydrogen-bond donors (Lipinski definition) is 2. The van der Waals surface area contributed by atoms with Crippen molar-refractivity contribution in [1.29, 1.82) is 0 Å². The summed E-state index contributed by atoms with van der Waals surface area (Å²) in [5.74, 6) is -0.0820. The van der Waals surface area contributed by atoms with Gasteiger partial charge in [0.05, 0.1) is 18.1 Å². The zero-order valence-corrected chi connectivity index (χ0v) is 19.4. The number of amides is 2. The van der Waals surface area contributed by atoms with Crippen molar-refractivity contribution < 1.29 is 14.3 Å². The third-order valence-corrected chi connectivity index (χ3v) is 5.24. The number of rotatable bonds is 8. The molecule has 2 amide bonds. The van der Waals surface area contributed by atoms with E-state index in [-0.39, 0.29) is 24.1 Å². The van der Waals surface area contributed by atoms with Gasteiger partial charge in [0.15, 0.2) is 0 Å². The highest BCUT2D eigenvalue weighted by Gasteiger charge is 2.19. The molecule has 174 valence electrons. The summed E-state index contributed by atoms with van der Waals surface area (Å²) >= 11 is 5.99. The predicted octanol–water partition coefficient (Wildman–Crippen LogP) is 3.57. The second-order valence-electron chi connectivity index (χ2n) is 7.64. The number of benzene rings is 2. The van der Waals surface area contributed by atoms with Crippen molar-refractivity contribution >= 4 is 29.1 Å². The Balaban J connectivity index is 1.41. The minimum Gasteiger partial charge on any atom is -0.489 e. The van der Waals surface area contributed by atoms with Crippen LogP contribution in [0.2, 0.25) is 5.02 Å². The van der Waals surface area contributed by atoms with Crippen molar-refractivity contribution in [3.05, 3.63) is 94.5 Å². The van der Waals surface area contributed by atoms with Gasteiger partial charge in [-0.2, -0.15) is 10.2 Å². The van der Waals surface area contributed by atoms with E-state index in [0.717, 1.165) is 11.1 Å². The molecule has 2 heterocycles. The van der Waals surface area contributed by atoms with E-state index in [1.807, 2.05) is 18.3 Å². The van der Waals surface area contributed by atoms with E-state index in [1.54, 1.807) is 61.4 Å². The number of aryl methyl sites for hydroxylation is 2. The van der Waals surface area contributed by atoms with Crippen LogP contribution in [0.1, 0.15) is 32.0 Å². The van der Waals surface area contributed by atoms with Gasteiger partial charge < -0.3 is 15.4 Å². The van der Waals surface area contributed by atoms with E-state index in [2.05, 4.69) is 20.8 Å². The van der Waals surface area contributed by atoms with Crippen LogP contribution in [0.25, 0.3) is 0 Å². The predicted molar refractivity (Wildman–Crippen MR) is 128 cm³/mol. The molecule has 0 radical (unpaired) electrons. The third kappa shape index (κ3) is 5.62. The SMILES string of the molecule is Cn1cc(CNC(=O)c2c(NC(=O)c3cccc(COc4cccc(Cl)c4)c3)cnn2C)cn1. The number of ether oxygens (including phenoxy) is 1. The van der Waals surface area contributed by atoms with Crippen molar-refractivity contribution in [1.82, 2.24) is 24.9 Å². The Morgan fingerprint density at radius 1 is 1.00 bits per heavy atom. The first-order valence-electron chi connectivity index (χ1n) is 10.5. The lowest BCUT2D eigenvalue weighted by molar-refractivity contribution is 0.0942. The topological polar surface area (TPSA) is 103 Å². The van der Waals surface area contributed by atoms with Gasteiger partial charge in [-0.3, -0.25) is 19.0 Å². The molecule has 9 nitrogen and oxygen atoms in total. The molecule has 0 bridgehead atoms. The summed E-state index contributed by atoms with van der Waals surface area (Å²) in [6.45, 7) is 0.580. The standard InChI is InChI=1S/C24H23ClN6O3/c1-30-14-17(12-27-30)11-26-24(33)22-21(13-28-31(22)2)29-23(32)18-6-3-5-16(9-18)15-34-20-8-4-7-19(25)10-20/h3-10,12-14H,11,15H2,1-2H3,(H,26,33)(H,29,32). The first kappa shape index (κ1) is 23.1. The number of carbonyl (C=O) groups is 2. The highest BCUT2D eigenvalue weighted by molar-refractivity contribution is 6.30. The number of hydrogen-bond acceptors (Lipinski definition) is 5. The van der Waals surface area contributed by atoms with Gasteiger partial charge in [-0.1, -0.05) is 29.8 Å². The minimum atomic E-state index is -0.362. The lowest BCUT2D eigenvalue weighted by Gasteiger charge is -2.10. The summed E-state index contributed by atoms with van der Waals surface area (Å²) in [6, 6.07) is 14.2. The molecule has 2 N–H and O–H groups in total. The number of carbonyl (C=O) groups excluding carboxylic acids is 2. The molecule has 0 saturated heterocycles. The maximum absolute atomic E-state index is 12.9. The van der Waals surface area contributed by atoms with E-state index in [9.17, 15) is 9.59 Å². The van der Waals surface area contributed by atoms with Crippen LogP contribution in [-0.4, -0.2) is 31.4 Å². The smallest absolute Gasteiger partial charge is 0.271 e. The molecule has 0 saturated carbocycles. The van der Waals surface area contributed by atoms with Crippen molar-refractivity contribution in [2.75, 3.05) is 5.32 Å². The Kier molecular flexibility index (Phi) is 6.93. The van der Waals surface area contributed by atoms with Crippen LogP contribution >= 0.6 is 11.6 Å². The number of anilines is 1. The number of nitrogens with one attached hydrogen (secondary N) is 2. The van der Waals surface area contributed by atoms with Crippen molar-refractivity contribution in [3.63, 3.8) is 0 Å². The van der Waals surface area contributed by atoms with Crippen molar-refractivity contribution in [3.8, 4) is 5.75 Å². The van der Waals surface area contributed by atoms with E-state index in [4.69, 9.17) is 16.3 Å². The Labute approximate surface area is 201 Å². The van der Waals surface area contributed by atoms with Gasteiger partial charge in [-0.25, -0.2) is 0 Å². The number of aromatic nitrogens is 4. The van der Waals surface area contributed by atoms with Crippen LogP contribution in [0, 0.1) is 0 Å². The maximum Gasteiger partial charge on any atom is 0.271 e. The van der Waals surface area contributed by atoms with Gasteiger partial charge >= 0.3 is 0 Å². The second kappa shape index (κ2) is 10.2. The van der Waals surface area contributed by atoms with E-state index < -0.39 is 0 Å². The summed E-state index contributed by atoms with van der Waals surface area (Å²) in [7, 11) is 3.45. The van der Waals surface area contributed by atoms with E-state index in [0.29, 0.717) is 28.6 Å². The van der Waals surface area contributed by atoms with Gasteiger partial charge in [-0.15, -0.1) is 0 Å².